The van der Waals surface area contributed by atoms with Crippen LogP contribution in [0.4, 0.5) is 8.78 Å². The highest BCUT2D eigenvalue weighted by Crippen LogP contribution is 2.49. The second-order valence-corrected chi connectivity index (χ2v) is 34.9. The number of rotatable bonds is 43. The molecule has 4 saturated carbocycles. The maximum Gasteiger partial charge on any atom is 0.311 e. The van der Waals surface area contributed by atoms with Crippen LogP contribution < -0.4 is 18.9 Å². The van der Waals surface area contributed by atoms with E-state index in [-0.39, 0.29) is 23.6 Å². The molecule has 0 aliphatic heterocycles. The summed E-state index contributed by atoms with van der Waals surface area (Å²) in [5, 5.41) is 3.85. The van der Waals surface area contributed by atoms with Gasteiger partial charge in [0.2, 0.25) is 0 Å². The van der Waals surface area contributed by atoms with Crippen molar-refractivity contribution in [3.05, 3.63) is 179 Å². The van der Waals surface area contributed by atoms with Gasteiger partial charge >= 0.3 is 11.9 Å². The molecule has 112 heavy (non-hydrogen) atoms. The lowest BCUT2D eigenvalue weighted by Gasteiger charge is -2.28. The smallest absolute Gasteiger partial charge is 0.311 e. The lowest BCUT2D eigenvalue weighted by atomic mass is 9.77. The molecular formula is C104H136F2O6. The number of carbonyl (C=O) groups is 2. The summed E-state index contributed by atoms with van der Waals surface area (Å²) in [5.41, 5.74) is 11.2. The first-order valence-corrected chi connectivity index (χ1v) is 45.6. The van der Waals surface area contributed by atoms with Gasteiger partial charge in [0, 0.05) is 24.0 Å². The lowest BCUT2D eigenvalue weighted by molar-refractivity contribution is -0.135. The van der Waals surface area contributed by atoms with Crippen LogP contribution in [0.5, 0.6) is 23.0 Å². The Morgan fingerprint density at radius 3 is 0.884 bits per heavy atom. The van der Waals surface area contributed by atoms with Gasteiger partial charge in [-0.2, -0.15) is 0 Å². The largest absolute Gasteiger partial charge is 0.491 e. The highest BCUT2D eigenvalue weighted by atomic mass is 19.1. The van der Waals surface area contributed by atoms with Crippen LogP contribution in [0.1, 0.15) is 356 Å². The van der Waals surface area contributed by atoms with E-state index < -0.39 is 0 Å². The van der Waals surface area contributed by atoms with Crippen LogP contribution in [-0.4, -0.2) is 25.2 Å². The van der Waals surface area contributed by atoms with Crippen LogP contribution in [0.25, 0.3) is 54.9 Å². The molecule has 0 bridgehead atoms. The average molecular weight is 1520 g/mol. The maximum atomic E-state index is 15.2. The van der Waals surface area contributed by atoms with Gasteiger partial charge in [-0.25, -0.2) is 8.78 Å². The van der Waals surface area contributed by atoms with Crippen LogP contribution in [-0.2, 0) is 9.59 Å². The SMILES string of the molecule is CCCC1CCC(c2ccc(-c3ccc4c(-c5c(OC(=O)CCCCCCCCCCCOc6ccc(C7CCC(CCC)CC7)cc6F)ccc6cc(-c7ccc(C8CCC(CCC)CC8)cc7)ccc56)c(OC(=O)CCCCCCCCCCCOc5ccc(C6CCC(CCC)CC6)cc5F)ccc4c3)cc2)CC1. The monoisotopic (exact) mass is 1520 g/mol. The van der Waals surface area contributed by atoms with Crippen LogP contribution >= 0.6 is 0 Å². The number of benzene rings is 8. The average Bonchev–Trinajstić information content (AvgIpc) is 0.751. The summed E-state index contributed by atoms with van der Waals surface area (Å²) in [6.07, 6.45) is 49.3. The zero-order valence-corrected chi connectivity index (χ0v) is 69.2. The molecule has 602 valence electrons. The number of hydrogen-bond donors (Lipinski definition) is 0. The zero-order chi connectivity index (χ0) is 77.6. The van der Waals surface area contributed by atoms with Crippen LogP contribution in [0.3, 0.4) is 0 Å². The highest BCUT2D eigenvalue weighted by Gasteiger charge is 2.29. The van der Waals surface area contributed by atoms with Gasteiger partial charge in [0.25, 0.3) is 0 Å². The summed E-state index contributed by atoms with van der Waals surface area (Å²) in [5.74, 6) is 6.21. The van der Waals surface area contributed by atoms with Crippen molar-refractivity contribution in [2.75, 3.05) is 13.2 Å². The van der Waals surface area contributed by atoms with E-state index in [1.54, 1.807) is 12.1 Å². The molecule has 0 amide bonds. The van der Waals surface area contributed by atoms with Gasteiger partial charge in [-0.1, -0.05) is 266 Å². The number of fused-ring (bicyclic) bond motifs is 2. The first-order valence-electron chi connectivity index (χ1n) is 45.6. The van der Waals surface area contributed by atoms with Crippen molar-refractivity contribution >= 4 is 33.5 Å². The molecule has 0 heterocycles. The molecule has 0 atom stereocenters. The number of hydrogen-bond acceptors (Lipinski definition) is 6. The molecule has 12 rings (SSSR count). The molecule has 0 N–H and O–H groups in total. The fourth-order valence-electron chi connectivity index (χ4n) is 20.0. The fourth-order valence-corrected chi connectivity index (χ4v) is 20.0. The number of carbonyl (C=O) groups excluding carboxylic acids is 2. The third kappa shape index (κ3) is 24.4. The number of esters is 2. The summed E-state index contributed by atoms with van der Waals surface area (Å²) < 4.78 is 55.5. The summed E-state index contributed by atoms with van der Waals surface area (Å²) in [7, 11) is 0. The van der Waals surface area contributed by atoms with Crippen LogP contribution in [0.15, 0.2) is 146 Å². The van der Waals surface area contributed by atoms with E-state index in [9.17, 15) is 9.59 Å². The van der Waals surface area contributed by atoms with E-state index in [1.165, 1.54) is 140 Å². The Hall–Kier alpha value is -7.32. The molecule has 6 nitrogen and oxygen atoms in total. The Kier molecular flexibility index (Phi) is 33.4. The maximum absolute atomic E-state index is 15.2. The standard InChI is InChI=1S/C104H136F2O6/c1-5-27-75-33-41-79(42-34-75)81-49-53-85(54-50-81)87-57-63-93-91(71-87)61-67-99(111-101(107)31-23-19-15-11-9-13-17-21-25-69-109-97-65-59-89(73-95(97)105)83-45-37-77(29-7-3)38-46-83)103(93)104-94-64-58-88(86-55-51-82(52-56-86)80-43-35-76(28-6-2)36-44-80)72-92(94)62-68-100(104)112-102(108)32-24-20-16-12-10-14-18-22-26-70-110-98-66-60-90(74-96(98)106)84-47-39-78(30-8-4)40-48-84/h49-68,71-80,83-84H,5-48,69-70H2,1-4H3. The van der Waals surface area contributed by atoms with Crippen molar-refractivity contribution in [3.8, 4) is 56.4 Å². The van der Waals surface area contributed by atoms with Gasteiger partial charge < -0.3 is 18.9 Å². The number of ether oxygens (including phenoxy) is 4. The van der Waals surface area contributed by atoms with Crippen LogP contribution in [0, 0.1) is 35.3 Å². The first kappa shape index (κ1) is 84.1. The molecule has 8 aromatic carbocycles. The molecule has 4 aliphatic rings. The number of unbranched alkanes of at least 4 members (excludes halogenated alkanes) is 16. The van der Waals surface area contributed by atoms with Gasteiger partial charge in [-0.05, 0) is 290 Å². The third-order valence-corrected chi connectivity index (χ3v) is 26.7. The highest BCUT2D eigenvalue weighted by molar-refractivity contribution is 6.11. The summed E-state index contributed by atoms with van der Waals surface area (Å²) in [6.45, 7) is 10.2. The van der Waals surface area contributed by atoms with E-state index in [1.807, 2.05) is 24.3 Å². The van der Waals surface area contributed by atoms with E-state index in [2.05, 4.69) is 137 Å². The van der Waals surface area contributed by atoms with E-state index in [0.717, 1.165) is 231 Å². The van der Waals surface area contributed by atoms with E-state index >= 15 is 8.78 Å². The predicted molar refractivity (Wildman–Crippen MR) is 464 cm³/mol. The van der Waals surface area contributed by atoms with Crippen molar-refractivity contribution in [1.29, 1.82) is 0 Å². The third-order valence-electron chi connectivity index (χ3n) is 26.7. The second kappa shape index (κ2) is 44.5. The van der Waals surface area contributed by atoms with Crippen molar-refractivity contribution in [3.63, 3.8) is 0 Å². The predicted octanol–water partition coefficient (Wildman–Crippen LogP) is 31.3. The van der Waals surface area contributed by atoms with Crippen molar-refractivity contribution in [2.24, 2.45) is 23.7 Å². The normalized spacial score (nSPS) is 20.1. The van der Waals surface area contributed by atoms with Crippen molar-refractivity contribution < 1.29 is 37.3 Å². The molecule has 8 heteroatoms. The molecule has 0 radical (unpaired) electrons. The Morgan fingerprint density at radius 1 is 0.295 bits per heavy atom. The molecule has 0 saturated heterocycles. The van der Waals surface area contributed by atoms with Gasteiger partial charge in [0.15, 0.2) is 23.1 Å². The lowest BCUT2D eigenvalue weighted by Crippen LogP contribution is -2.13. The molecule has 8 aromatic rings. The second-order valence-electron chi connectivity index (χ2n) is 34.9. The topological polar surface area (TPSA) is 71.1 Å². The first-order chi connectivity index (χ1) is 55.0. The molecule has 4 aliphatic carbocycles. The summed E-state index contributed by atoms with van der Waals surface area (Å²) >= 11 is 0. The Bertz CT molecular complexity index is 3890. The van der Waals surface area contributed by atoms with Gasteiger partial charge in [-0.15, -0.1) is 0 Å². The van der Waals surface area contributed by atoms with Crippen molar-refractivity contribution in [1.82, 2.24) is 0 Å². The minimum absolute atomic E-state index is 0.229. The summed E-state index contributed by atoms with van der Waals surface area (Å²) in [4.78, 5) is 28.8. The van der Waals surface area contributed by atoms with Crippen molar-refractivity contribution in [2.45, 2.75) is 334 Å². The molecule has 0 aromatic heterocycles. The van der Waals surface area contributed by atoms with Gasteiger partial charge in [0.1, 0.15) is 11.5 Å². The summed E-state index contributed by atoms with van der Waals surface area (Å²) in [6, 6.07) is 51.3. The minimum Gasteiger partial charge on any atom is -0.491 e. The minimum atomic E-state index is -0.272. The Morgan fingerprint density at radius 2 is 0.571 bits per heavy atom. The van der Waals surface area contributed by atoms with Crippen LogP contribution in [0.2, 0.25) is 0 Å². The van der Waals surface area contributed by atoms with E-state index in [0.29, 0.717) is 72.7 Å². The quantitative estimate of drug-likeness (QED) is 0.0215. The fraction of sp³-hybridized carbons (Fsp3) is 0.558. The zero-order valence-electron chi connectivity index (χ0n) is 69.2. The number of halogens is 2. The molecule has 4 fully saturated rings. The Labute approximate surface area is 673 Å². The van der Waals surface area contributed by atoms with Gasteiger partial charge in [-0.3, -0.25) is 9.59 Å². The van der Waals surface area contributed by atoms with E-state index in [4.69, 9.17) is 18.9 Å². The Balaban J connectivity index is 0.683. The molecular weight excluding hydrogens is 1380 g/mol. The molecule has 0 unspecified atom stereocenters. The van der Waals surface area contributed by atoms with Gasteiger partial charge in [0.05, 0.1) is 13.2 Å². The molecule has 0 spiro atoms.